The van der Waals surface area contributed by atoms with Crippen LogP contribution in [0.5, 0.6) is 5.06 Å². The van der Waals surface area contributed by atoms with Crippen LogP contribution in [0.3, 0.4) is 0 Å². The summed E-state index contributed by atoms with van der Waals surface area (Å²) in [5.74, 6) is 0.576. The van der Waals surface area contributed by atoms with Gasteiger partial charge in [-0.3, -0.25) is 0 Å². The van der Waals surface area contributed by atoms with Crippen molar-refractivity contribution in [2.24, 2.45) is 0 Å². The summed E-state index contributed by atoms with van der Waals surface area (Å²) < 4.78 is 11.3. The van der Waals surface area contributed by atoms with Crippen molar-refractivity contribution < 1.29 is 14.3 Å². The second-order valence-corrected chi connectivity index (χ2v) is 5.67. The van der Waals surface area contributed by atoms with E-state index in [1.165, 1.54) is 0 Å². The maximum atomic E-state index is 9.81. The van der Waals surface area contributed by atoms with Crippen LogP contribution in [0.2, 0.25) is 0 Å². The number of rotatable bonds is 6. The third-order valence-corrected chi connectivity index (χ3v) is 4.35. The van der Waals surface area contributed by atoms with E-state index in [4.69, 9.17) is 9.15 Å². The summed E-state index contributed by atoms with van der Waals surface area (Å²) in [6.07, 6.45) is 0.935. The van der Waals surface area contributed by atoms with Gasteiger partial charge in [0.25, 0.3) is 0 Å². The van der Waals surface area contributed by atoms with Crippen molar-refractivity contribution in [1.29, 1.82) is 0 Å². The maximum absolute atomic E-state index is 9.81. The molecular formula is C12H14BrNO3S. The molecule has 0 radical (unpaired) electrons. The summed E-state index contributed by atoms with van der Waals surface area (Å²) in [5.41, 5.74) is 0. The highest BCUT2D eigenvalue weighted by atomic mass is 79.9. The third kappa shape index (κ3) is 3.35. The predicted octanol–water partition coefficient (Wildman–Crippen LogP) is 2.94. The van der Waals surface area contributed by atoms with E-state index in [1.807, 2.05) is 6.07 Å². The molecule has 18 heavy (non-hydrogen) atoms. The first-order valence-electron chi connectivity index (χ1n) is 5.45. The van der Waals surface area contributed by atoms with E-state index in [9.17, 15) is 5.11 Å². The zero-order valence-corrected chi connectivity index (χ0v) is 12.3. The van der Waals surface area contributed by atoms with Crippen molar-refractivity contribution in [2.45, 2.75) is 12.6 Å². The molecule has 1 atom stereocenters. The van der Waals surface area contributed by atoms with E-state index in [-0.39, 0.29) is 0 Å². The molecule has 0 spiro atoms. The Morgan fingerprint density at radius 1 is 1.61 bits per heavy atom. The minimum atomic E-state index is -0.620. The summed E-state index contributed by atoms with van der Waals surface area (Å²) in [4.78, 5) is 1.14. The molecule has 0 aromatic carbocycles. The molecule has 6 heteroatoms. The molecule has 0 aliphatic rings. The Balaban J connectivity index is 1.81. The first-order valence-corrected chi connectivity index (χ1v) is 7.06. The van der Waals surface area contributed by atoms with Gasteiger partial charge in [0.15, 0.2) is 5.06 Å². The number of thiophene rings is 1. The molecule has 2 N–H and O–H groups in total. The molecule has 2 aromatic heterocycles. The van der Waals surface area contributed by atoms with Crippen LogP contribution in [0.15, 0.2) is 33.4 Å². The van der Waals surface area contributed by atoms with Crippen molar-refractivity contribution in [2.75, 3.05) is 13.7 Å². The monoisotopic (exact) mass is 331 g/mol. The zero-order valence-electron chi connectivity index (χ0n) is 9.85. The van der Waals surface area contributed by atoms with Gasteiger partial charge >= 0.3 is 0 Å². The van der Waals surface area contributed by atoms with Crippen LogP contribution in [0, 0.1) is 0 Å². The van der Waals surface area contributed by atoms with Crippen molar-refractivity contribution in [3.05, 3.63) is 39.6 Å². The largest absolute Gasteiger partial charge is 0.486 e. The van der Waals surface area contributed by atoms with Crippen molar-refractivity contribution in [3.63, 3.8) is 0 Å². The van der Waals surface area contributed by atoms with Gasteiger partial charge in [-0.15, -0.1) is 11.3 Å². The van der Waals surface area contributed by atoms with Gasteiger partial charge in [-0.2, -0.15) is 0 Å². The number of halogens is 1. The lowest BCUT2D eigenvalue weighted by Crippen LogP contribution is -2.20. The van der Waals surface area contributed by atoms with Gasteiger partial charge < -0.3 is 19.6 Å². The average molecular weight is 332 g/mol. The number of furan rings is 1. The van der Waals surface area contributed by atoms with Gasteiger partial charge in [0.2, 0.25) is 0 Å². The smallest absolute Gasteiger partial charge is 0.188 e. The average Bonchev–Trinajstić information content (AvgIpc) is 2.98. The highest BCUT2D eigenvalue weighted by Crippen LogP contribution is 2.34. The number of methoxy groups -OCH3 is 1. The Morgan fingerprint density at radius 3 is 3.06 bits per heavy atom. The molecule has 0 amide bonds. The molecule has 4 nitrogen and oxygen atoms in total. The van der Waals surface area contributed by atoms with Gasteiger partial charge in [0.1, 0.15) is 11.9 Å². The first-order chi connectivity index (χ1) is 8.70. The molecule has 0 saturated heterocycles. The van der Waals surface area contributed by atoms with E-state index in [1.54, 1.807) is 36.8 Å². The van der Waals surface area contributed by atoms with Crippen molar-refractivity contribution in [1.82, 2.24) is 5.32 Å². The normalized spacial score (nSPS) is 12.6. The van der Waals surface area contributed by atoms with E-state index in [0.29, 0.717) is 18.8 Å². The van der Waals surface area contributed by atoms with E-state index < -0.39 is 6.10 Å². The second kappa shape index (κ2) is 6.38. The lowest BCUT2D eigenvalue weighted by Gasteiger charge is -2.08. The Morgan fingerprint density at radius 2 is 2.44 bits per heavy atom. The van der Waals surface area contributed by atoms with Crippen LogP contribution in [0.1, 0.15) is 16.7 Å². The van der Waals surface area contributed by atoms with E-state index in [0.717, 1.165) is 14.4 Å². The van der Waals surface area contributed by atoms with E-state index in [2.05, 4.69) is 21.2 Å². The van der Waals surface area contributed by atoms with Crippen molar-refractivity contribution in [3.8, 4) is 5.06 Å². The minimum Gasteiger partial charge on any atom is -0.486 e. The molecule has 0 bridgehead atoms. The van der Waals surface area contributed by atoms with Gasteiger partial charge in [0.05, 0.1) is 17.8 Å². The summed E-state index contributed by atoms with van der Waals surface area (Å²) in [6.45, 7) is 1.13. The Hall–Kier alpha value is -0.820. The van der Waals surface area contributed by atoms with Crippen LogP contribution in [0.25, 0.3) is 0 Å². The molecule has 0 aliphatic carbocycles. The summed E-state index contributed by atoms with van der Waals surface area (Å²) >= 11 is 4.99. The van der Waals surface area contributed by atoms with Crippen LogP contribution in [0.4, 0.5) is 0 Å². The highest BCUT2D eigenvalue weighted by molar-refractivity contribution is 9.10. The van der Waals surface area contributed by atoms with E-state index >= 15 is 0 Å². The fourth-order valence-corrected chi connectivity index (χ4v) is 3.20. The topological polar surface area (TPSA) is 54.6 Å². The fraction of sp³-hybridized carbons (Fsp3) is 0.333. The van der Waals surface area contributed by atoms with Crippen molar-refractivity contribution >= 4 is 27.3 Å². The minimum absolute atomic E-state index is 0.450. The first kappa shape index (κ1) is 13.6. The predicted molar refractivity (Wildman–Crippen MR) is 73.9 cm³/mol. The second-order valence-electron chi connectivity index (χ2n) is 3.71. The zero-order chi connectivity index (χ0) is 13.0. The molecule has 0 fully saturated rings. The lowest BCUT2D eigenvalue weighted by molar-refractivity contribution is 0.147. The van der Waals surface area contributed by atoms with Crippen LogP contribution in [-0.2, 0) is 6.54 Å². The molecule has 2 aromatic rings. The van der Waals surface area contributed by atoms with Gasteiger partial charge in [-0.05, 0) is 34.1 Å². The number of hydrogen-bond donors (Lipinski definition) is 2. The fourth-order valence-electron chi connectivity index (χ4n) is 1.54. The lowest BCUT2D eigenvalue weighted by atomic mass is 10.3. The van der Waals surface area contributed by atoms with Crippen LogP contribution in [-0.4, -0.2) is 18.8 Å². The standard InChI is InChI=1S/C12H14BrNO3S/c1-16-12-9(13)5-8(18-12)6-14-7-10(15)11-3-2-4-17-11/h2-5,10,14-15H,6-7H2,1H3. The summed E-state index contributed by atoms with van der Waals surface area (Å²) in [7, 11) is 1.65. The van der Waals surface area contributed by atoms with Gasteiger partial charge in [0, 0.05) is 18.0 Å². The van der Waals surface area contributed by atoms with Gasteiger partial charge in [-0.25, -0.2) is 0 Å². The summed E-state index contributed by atoms with van der Waals surface area (Å²) in [5, 5.41) is 13.8. The molecular weight excluding hydrogens is 318 g/mol. The molecule has 2 heterocycles. The quantitative estimate of drug-likeness (QED) is 0.854. The number of ether oxygens (including phenoxy) is 1. The van der Waals surface area contributed by atoms with Gasteiger partial charge in [-0.1, -0.05) is 0 Å². The molecule has 0 saturated carbocycles. The summed E-state index contributed by atoms with van der Waals surface area (Å²) in [6, 6.07) is 5.53. The third-order valence-electron chi connectivity index (χ3n) is 2.40. The number of hydrogen-bond acceptors (Lipinski definition) is 5. The molecule has 1 unspecified atom stereocenters. The van der Waals surface area contributed by atoms with Crippen LogP contribution >= 0.6 is 27.3 Å². The van der Waals surface area contributed by atoms with Crippen LogP contribution < -0.4 is 10.1 Å². The number of aliphatic hydroxyl groups excluding tert-OH is 1. The number of nitrogens with one attached hydrogen (secondary N) is 1. The highest BCUT2D eigenvalue weighted by Gasteiger charge is 2.11. The Labute approximate surface area is 118 Å². The SMILES string of the molecule is COc1sc(CNCC(O)c2ccco2)cc1Br. The maximum Gasteiger partial charge on any atom is 0.188 e. The Bertz CT molecular complexity index is 483. The molecule has 2 rings (SSSR count). The molecule has 0 aliphatic heterocycles. The number of aliphatic hydroxyl groups is 1. The Kier molecular flexibility index (Phi) is 4.82. The molecule has 98 valence electrons.